The van der Waals surface area contributed by atoms with Crippen LogP contribution in [0.5, 0.6) is 0 Å². The molecule has 1 amide bonds. The van der Waals surface area contributed by atoms with Gasteiger partial charge in [-0.25, -0.2) is 4.98 Å². The van der Waals surface area contributed by atoms with Crippen molar-refractivity contribution in [1.82, 2.24) is 10.3 Å². The molecule has 3 aliphatic rings. The molecule has 6 rings (SSSR count). The van der Waals surface area contributed by atoms with E-state index in [9.17, 15) is 13.6 Å². The smallest absolute Gasteiger partial charge is 0.277 e. The molecule has 2 atom stereocenters. The molecule has 2 aromatic carbocycles. The molecule has 5 nitrogen and oxygen atoms in total. The molecule has 178 valence electrons. The van der Waals surface area contributed by atoms with Crippen LogP contribution < -0.4 is 11.1 Å². The van der Waals surface area contributed by atoms with E-state index < -0.39 is 11.7 Å². The molecule has 3 heterocycles. The van der Waals surface area contributed by atoms with Gasteiger partial charge in [0.15, 0.2) is 0 Å². The van der Waals surface area contributed by atoms with Crippen molar-refractivity contribution in [1.29, 1.82) is 0 Å². The van der Waals surface area contributed by atoms with E-state index in [4.69, 9.17) is 10.5 Å². The van der Waals surface area contributed by atoms with Crippen molar-refractivity contribution in [2.24, 2.45) is 0 Å². The number of allylic oxidation sites excluding steroid dienone is 6. The molecule has 0 fully saturated rings. The number of halogens is 2. The van der Waals surface area contributed by atoms with Gasteiger partial charge in [0.2, 0.25) is 0 Å². The summed E-state index contributed by atoms with van der Waals surface area (Å²) in [6, 6.07) is 12.9. The van der Waals surface area contributed by atoms with Gasteiger partial charge in [-0.3, -0.25) is 4.79 Å². The number of benzene rings is 2. The third kappa shape index (κ3) is 3.44. The average molecular weight is 483 g/mol. The lowest BCUT2D eigenvalue weighted by atomic mass is 9.83. The van der Waals surface area contributed by atoms with Gasteiger partial charge in [0.1, 0.15) is 35.8 Å². The number of fused-ring (bicyclic) bond motifs is 8. The van der Waals surface area contributed by atoms with Crippen molar-refractivity contribution in [3.8, 4) is 0 Å². The quantitative estimate of drug-likeness (QED) is 0.472. The maximum absolute atomic E-state index is 14.4. The van der Waals surface area contributed by atoms with E-state index in [0.29, 0.717) is 23.5 Å². The number of nitrogens with zero attached hydrogens (tertiary/aromatic N) is 1. The predicted octanol–water partition coefficient (Wildman–Crippen LogP) is 5.64. The van der Waals surface area contributed by atoms with Gasteiger partial charge in [0.25, 0.3) is 17.6 Å². The lowest BCUT2D eigenvalue weighted by Gasteiger charge is -2.17. The second kappa shape index (κ2) is 8.19. The Morgan fingerprint density at radius 3 is 2.56 bits per heavy atom. The fourth-order valence-corrected chi connectivity index (χ4v) is 5.24. The number of carbonyl (C=O) groups is 1. The molecule has 2 bridgehead atoms. The summed E-state index contributed by atoms with van der Waals surface area (Å²) in [4.78, 5) is 17.3. The van der Waals surface area contributed by atoms with E-state index in [1.807, 2.05) is 38.1 Å². The molecule has 36 heavy (non-hydrogen) atoms. The summed E-state index contributed by atoms with van der Waals surface area (Å²) in [5.41, 5.74) is 13.5. The molecule has 0 saturated heterocycles. The van der Waals surface area contributed by atoms with Crippen molar-refractivity contribution in [2.75, 3.05) is 5.73 Å². The highest BCUT2D eigenvalue weighted by molar-refractivity contribution is 5.94. The van der Waals surface area contributed by atoms with Gasteiger partial charge < -0.3 is 15.8 Å². The number of anilines is 1. The van der Waals surface area contributed by atoms with Crippen molar-refractivity contribution in [3.05, 3.63) is 123 Å². The summed E-state index contributed by atoms with van der Waals surface area (Å²) in [6.45, 7) is 4.15. The minimum atomic E-state index is -0.938. The highest BCUT2D eigenvalue weighted by Gasteiger charge is 2.43. The second-order valence-corrected chi connectivity index (χ2v) is 9.23. The van der Waals surface area contributed by atoms with Gasteiger partial charge in [-0.2, -0.15) is 4.39 Å². The Bertz CT molecular complexity index is 1530. The molecule has 1 aliphatic carbocycles. The van der Waals surface area contributed by atoms with Crippen LogP contribution in [-0.2, 0) is 11.3 Å². The molecule has 1 aromatic heterocycles. The first-order valence-electron chi connectivity index (χ1n) is 11.6. The van der Waals surface area contributed by atoms with Crippen LogP contribution in [-0.4, -0.2) is 10.9 Å². The SMILES string of the molecule is Cc1cc(N)nc(C)c1CNC(=O)c1ccc2c(c1)C1OC2c2ccc(C3=C(F)C(F)=C[C+]=C3)cc21. The van der Waals surface area contributed by atoms with E-state index >= 15 is 0 Å². The van der Waals surface area contributed by atoms with E-state index in [-0.39, 0.29) is 23.7 Å². The zero-order valence-electron chi connectivity index (χ0n) is 19.7. The number of hydrogen-bond donors (Lipinski definition) is 2. The lowest BCUT2D eigenvalue weighted by molar-refractivity contribution is 0.0857. The summed E-state index contributed by atoms with van der Waals surface area (Å²) in [5, 5.41) is 2.97. The Morgan fingerprint density at radius 2 is 1.78 bits per heavy atom. The zero-order valence-corrected chi connectivity index (χ0v) is 19.7. The number of hydrogen-bond acceptors (Lipinski definition) is 4. The van der Waals surface area contributed by atoms with Gasteiger partial charge in [-0.05, 0) is 77.6 Å². The first-order valence-corrected chi connectivity index (χ1v) is 11.6. The number of ether oxygens (including phenoxy) is 1. The Labute approximate surface area is 207 Å². The normalized spacial score (nSPS) is 19.1. The topological polar surface area (TPSA) is 77.2 Å². The maximum atomic E-state index is 14.4. The van der Waals surface area contributed by atoms with Gasteiger partial charge in [0.05, 0.1) is 0 Å². The fourth-order valence-electron chi connectivity index (χ4n) is 5.24. The Kier molecular flexibility index (Phi) is 5.07. The summed E-state index contributed by atoms with van der Waals surface area (Å²) in [6.07, 6.45) is 4.43. The number of nitrogens with one attached hydrogen (secondary N) is 1. The standard InChI is InChI=1S/C29H21F2N3O2/c1-14-10-25(32)34-15(2)23(14)13-33-29(35)17-7-9-20-22(12-17)28-21-11-16(6-8-19(21)27(20)36-28)18-4-3-5-24(30)26(18)31/h4-12,27-28H,13H2,1-2H3,(H2-,32,33,34,35)/p+1. The molecular formula is C29H22F2N3O2+. The molecule has 7 heteroatoms. The lowest BCUT2D eigenvalue weighted by Crippen LogP contribution is -2.24. The first-order chi connectivity index (χ1) is 17.3. The molecule has 0 saturated carbocycles. The number of rotatable bonds is 4. The first kappa shape index (κ1) is 22.3. The number of amides is 1. The minimum absolute atomic E-state index is 0.150. The van der Waals surface area contributed by atoms with Gasteiger partial charge in [-0.15, -0.1) is 4.39 Å². The largest absolute Gasteiger partial charge is 0.384 e. The molecule has 0 spiro atoms. The van der Waals surface area contributed by atoms with Crippen LogP contribution in [0.2, 0.25) is 0 Å². The molecule has 2 aliphatic heterocycles. The molecule has 3 N–H and O–H groups in total. The second-order valence-electron chi connectivity index (χ2n) is 9.23. The molecule has 0 radical (unpaired) electrons. The third-order valence-electron chi connectivity index (χ3n) is 7.03. The van der Waals surface area contributed by atoms with E-state index in [2.05, 4.69) is 16.4 Å². The number of nitrogen functional groups attached to an aromatic ring is 1. The number of aryl methyl sites for hydroxylation is 2. The van der Waals surface area contributed by atoms with Crippen LogP contribution in [0.25, 0.3) is 5.57 Å². The maximum Gasteiger partial charge on any atom is 0.277 e. The summed E-state index contributed by atoms with van der Waals surface area (Å²) in [7, 11) is 0. The number of aromatic nitrogens is 1. The highest BCUT2D eigenvalue weighted by atomic mass is 19.2. The van der Waals surface area contributed by atoms with Crippen LogP contribution in [0.3, 0.4) is 0 Å². The van der Waals surface area contributed by atoms with E-state index in [1.54, 1.807) is 18.2 Å². The van der Waals surface area contributed by atoms with Crippen molar-refractivity contribution < 1.29 is 18.3 Å². The minimum Gasteiger partial charge on any atom is -0.384 e. The predicted molar refractivity (Wildman–Crippen MR) is 132 cm³/mol. The van der Waals surface area contributed by atoms with Crippen molar-refractivity contribution in [3.63, 3.8) is 0 Å². The Morgan fingerprint density at radius 1 is 1.06 bits per heavy atom. The number of carbonyl (C=O) groups excluding carboxylic acids is 1. The Balaban J connectivity index is 1.27. The van der Waals surface area contributed by atoms with E-state index in [1.165, 1.54) is 6.08 Å². The van der Waals surface area contributed by atoms with Crippen molar-refractivity contribution >= 4 is 17.3 Å². The fraction of sp³-hybridized carbons (Fsp3) is 0.172. The monoisotopic (exact) mass is 482 g/mol. The molecule has 2 unspecified atom stereocenters. The van der Waals surface area contributed by atoms with E-state index in [0.717, 1.165) is 45.2 Å². The van der Waals surface area contributed by atoms with Crippen LogP contribution in [0, 0.1) is 19.9 Å². The van der Waals surface area contributed by atoms with Crippen LogP contribution in [0.15, 0.2) is 66.3 Å². The summed E-state index contributed by atoms with van der Waals surface area (Å²) in [5.74, 6) is -1.59. The number of pyridine rings is 1. The van der Waals surface area contributed by atoms with Crippen LogP contribution in [0.1, 0.15) is 67.2 Å². The van der Waals surface area contributed by atoms with Gasteiger partial charge >= 0.3 is 0 Å². The average Bonchev–Trinajstić information content (AvgIpc) is 3.41. The molecular weight excluding hydrogens is 460 g/mol. The third-order valence-corrected chi connectivity index (χ3v) is 7.03. The Hall–Kier alpha value is -4.19. The zero-order chi connectivity index (χ0) is 25.1. The number of nitrogens with two attached hydrogens (primary N) is 1. The van der Waals surface area contributed by atoms with Crippen LogP contribution >= 0.6 is 0 Å². The van der Waals surface area contributed by atoms with Gasteiger partial charge in [0, 0.05) is 29.4 Å². The van der Waals surface area contributed by atoms with Crippen LogP contribution in [0.4, 0.5) is 14.6 Å². The summed E-state index contributed by atoms with van der Waals surface area (Å²) < 4.78 is 34.4. The highest BCUT2D eigenvalue weighted by Crippen LogP contribution is 2.54. The summed E-state index contributed by atoms with van der Waals surface area (Å²) >= 11 is 0. The van der Waals surface area contributed by atoms with Gasteiger partial charge in [-0.1, -0.05) is 12.1 Å². The molecule has 3 aromatic rings. The van der Waals surface area contributed by atoms with Crippen molar-refractivity contribution in [2.45, 2.75) is 32.6 Å².